The van der Waals surface area contributed by atoms with Gasteiger partial charge in [0.1, 0.15) is 11.6 Å². The quantitative estimate of drug-likeness (QED) is 0.532. The van der Waals surface area contributed by atoms with Crippen LogP contribution in [0.1, 0.15) is 21.5 Å². The van der Waals surface area contributed by atoms with Crippen molar-refractivity contribution in [2.45, 2.75) is 13.1 Å². The second kappa shape index (κ2) is 8.89. The number of rotatable bonds is 7. The summed E-state index contributed by atoms with van der Waals surface area (Å²) in [6, 6.07) is 17.6. The van der Waals surface area contributed by atoms with Crippen LogP contribution >= 0.6 is 0 Å². The molecule has 6 heteroatoms. The van der Waals surface area contributed by atoms with Gasteiger partial charge in [-0.1, -0.05) is 42.5 Å². The maximum atomic E-state index is 12.0. The highest BCUT2D eigenvalue weighted by Crippen LogP contribution is 2.04. The van der Waals surface area contributed by atoms with Crippen LogP contribution in [0.2, 0.25) is 0 Å². The Labute approximate surface area is 145 Å². The molecule has 0 aliphatic heterocycles. The molecule has 0 atom stereocenters. The van der Waals surface area contributed by atoms with Crippen LogP contribution < -0.4 is 10.6 Å². The number of carbonyl (C=O) groups is 2. The molecular formula is C19H17N3O3. The van der Waals surface area contributed by atoms with Crippen molar-refractivity contribution in [3.63, 3.8) is 0 Å². The van der Waals surface area contributed by atoms with Crippen LogP contribution in [0.5, 0.6) is 0 Å². The van der Waals surface area contributed by atoms with Crippen molar-refractivity contribution >= 4 is 11.9 Å². The van der Waals surface area contributed by atoms with Crippen LogP contribution in [0.25, 0.3) is 0 Å². The lowest BCUT2D eigenvalue weighted by atomic mass is 10.1. The number of nitrogens with one attached hydrogen (secondary N) is 2. The molecule has 0 aliphatic rings. The van der Waals surface area contributed by atoms with E-state index in [0.29, 0.717) is 13.1 Å². The van der Waals surface area contributed by atoms with Gasteiger partial charge in [-0.2, -0.15) is 5.26 Å². The van der Waals surface area contributed by atoms with Gasteiger partial charge in [0.25, 0.3) is 5.91 Å². The van der Waals surface area contributed by atoms with Crippen molar-refractivity contribution in [2.75, 3.05) is 0 Å². The van der Waals surface area contributed by atoms with Crippen LogP contribution in [-0.2, 0) is 17.9 Å². The first-order valence-electron chi connectivity index (χ1n) is 7.58. The molecule has 1 amide bonds. The average molecular weight is 335 g/mol. The third kappa shape index (κ3) is 5.52. The molecule has 2 rings (SSSR count). The first-order chi connectivity index (χ1) is 12.1. The topological polar surface area (TPSA) is 102 Å². The first kappa shape index (κ1) is 17.8. The molecule has 0 fully saturated rings. The Hall–Kier alpha value is -3.59. The molecule has 0 heterocycles. The fraction of sp³-hybridized carbons (Fsp3) is 0.105. The zero-order chi connectivity index (χ0) is 18.1. The number of hydrogen-bond acceptors (Lipinski definition) is 4. The monoisotopic (exact) mass is 335 g/mol. The van der Waals surface area contributed by atoms with E-state index in [4.69, 9.17) is 10.4 Å². The van der Waals surface area contributed by atoms with Crippen molar-refractivity contribution in [2.24, 2.45) is 0 Å². The van der Waals surface area contributed by atoms with Gasteiger partial charge < -0.3 is 15.7 Å². The number of carboxylic acids is 1. The van der Waals surface area contributed by atoms with Crippen LogP contribution in [0.15, 0.2) is 66.4 Å². The summed E-state index contributed by atoms with van der Waals surface area (Å²) in [4.78, 5) is 22.8. The molecule has 0 aromatic heterocycles. The standard InChI is InChI=1S/C19H17N3O3/c20-10-17(18(23)22-12-14-4-2-1-3-5-14)13-21-11-15-6-8-16(9-7-15)19(24)25/h1-9,13,21H,11-12H2,(H,22,23)(H,24,25)/b17-13-. The summed E-state index contributed by atoms with van der Waals surface area (Å²) in [6.45, 7) is 0.715. The Balaban J connectivity index is 1.87. The predicted molar refractivity (Wildman–Crippen MR) is 92.2 cm³/mol. The van der Waals surface area contributed by atoms with Crippen LogP contribution in [0.4, 0.5) is 0 Å². The maximum Gasteiger partial charge on any atom is 0.335 e. The second-order valence-corrected chi connectivity index (χ2v) is 5.22. The van der Waals surface area contributed by atoms with E-state index in [-0.39, 0.29) is 11.1 Å². The summed E-state index contributed by atoms with van der Waals surface area (Å²) in [5.41, 5.74) is 1.96. The smallest absolute Gasteiger partial charge is 0.335 e. The number of nitriles is 1. The van der Waals surface area contributed by atoms with Crippen molar-refractivity contribution in [3.8, 4) is 6.07 Å². The molecule has 0 radical (unpaired) electrons. The van der Waals surface area contributed by atoms with E-state index in [1.54, 1.807) is 12.1 Å². The van der Waals surface area contributed by atoms with Gasteiger partial charge in [0.15, 0.2) is 0 Å². The van der Waals surface area contributed by atoms with Gasteiger partial charge in [-0.25, -0.2) is 4.79 Å². The average Bonchev–Trinajstić information content (AvgIpc) is 2.64. The minimum absolute atomic E-state index is 0.0295. The van der Waals surface area contributed by atoms with E-state index < -0.39 is 11.9 Å². The molecule has 0 saturated heterocycles. The zero-order valence-electron chi connectivity index (χ0n) is 13.4. The van der Waals surface area contributed by atoms with Crippen LogP contribution in [-0.4, -0.2) is 17.0 Å². The van der Waals surface area contributed by atoms with E-state index in [1.165, 1.54) is 18.3 Å². The predicted octanol–water partition coefficient (Wildman–Crippen LogP) is 2.20. The summed E-state index contributed by atoms with van der Waals surface area (Å²) in [5.74, 6) is -1.44. The highest BCUT2D eigenvalue weighted by Gasteiger charge is 2.08. The minimum Gasteiger partial charge on any atom is -0.478 e. The summed E-state index contributed by atoms with van der Waals surface area (Å²) < 4.78 is 0. The maximum absolute atomic E-state index is 12.0. The number of hydrogen-bond donors (Lipinski definition) is 3. The third-order valence-corrected chi connectivity index (χ3v) is 3.41. The van der Waals surface area contributed by atoms with Gasteiger partial charge in [-0.15, -0.1) is 0 Å². The second-order valence-electron chi connectivity index (χ2n) is 5.22. The van der Waals surface area contributed by atoms with Crippen molar-refractivity contribution in [1.29, 1.82) is 5.26 Å². The normalized spacial score (nSPS) is 10.6. The zero-order valence-corrected chi connectivity index (χ0v) is 13.4. The van der Waals surface area contributed by atoms with E-state index >= 15 is 0 Å². The Morgan fingerprint density at radius 2 is 1.64 bits per heavy atom. The van der Waals surface area contributed by atoms with Gasteiger partial charge in [0.2, 0.25) is 0 Å². The fourth-order valence-electron chi connectivity index (χ4n) is 2.06. The van der Waals surface area contributed by atoms with Crippen molar-refractivity contribution in [1.82, 2.24) is 10.6 Å². The van der Waals surface area contributed by atoms with Crippen LogP contribution in [0.3, 0.4) is 0 Å². The lowest BCUT2D eigenvalue weighted by Gasteiger charge is -2.06. The van der Waals surface area contributed by atoms with Gasteiger partial charge in [-0.05, 0) is 23.3 Å². The highest BCUT2D eigenvalue weighted by molar-refractivity contribution is 5.97. The lowest BCUT2D eigenvalue weighted by molar-refractivity contribution is -0.117. The lowest BCUT2D eigenvalue weighted by Crippen LogP contribution is -2.25. The Morgan fingerprint density at radius 3 is 2.24 bits per heavy atom. The molecule has 0 bridgehead atoms. The largest absolute Gasteiger partial charge is 0.478 e. The Bertz CT molecular complexity index is 806. The summed E-state index contributed by atoms with van der Waals surface area (Å²) in [7, 11) is 0. The molecular weight excluding hydrogens is 318 g/mol. The molecule has 126 valence electrons. The highest BCUT2D eigenvalue weighted by atomic mass is 16.4. The number of carbonyl (C=O) groups excluding carboxylic acids is 1. The molecule has 0 spiro atoms. The molecule has 2 aromatic carbocycles. The fourth-order valence-corrected chi connectivity index (χ4v) is 2.06. The number of nitrogens with zero attached hydrogens (tertiary/aromatic N) is 1. The molecule has 2 aromatic rings. The SMILES string of the molecule is N#C/C(=C/NCc1ccc(C(=O)O)cc1)C(=O)NCc1ccccc1. The van der Waals surface area contributed by atoms with E-state index in [1.807, 2.05) is 36.4 Å². The van der Waals surface area contributed by atoms with Crippen molar-refractivity contribution < 1.29 is 14.7 Å². The van der Waals surface area contributed by atoms with Gasteiger partial charge in [0, 0.05) is 19.3 Å². The van der Waals surface area contributed by atoms with Crippen LogP contribution in [0, 0.1) is 11.3 Å². The molecule has 0 unspecified atom stereocenters. The van der Waals surface area contributed by atoms with E-state index in [0.717, 1.165) is 11.1 Å². The molecule has 0 aliphatic carbocycles. The third-order valence-electron chi connectivity index (χ3n) is 3.41. The summed E-state index contributed by atoms with van der Waals surface area (Å²) in [5, 5.41) is 23.5. The number of carboxylic acid groups (broad SMARTS) is 1. The first-order valence-corrected chi connectivity index (χ1v) is 7.58. The molecule has 3 N–H and O–H groups in total. The van der Waals surface area contributed by atoms with Gasteiger partial charge in [0.05, 0.1) is 5.56 Å². The van der Waals surface area contributed by atoms with Gasteiger partial charge in [-0.3, -0.25) is 4.79 Å². The van der Waals surface area contributed by atoms with Gasteiger partial charge >= 0.3 is 5.97 Å². The molecule has 25 heavy (non-hydrogen) atoms. The Kier molecular flexibility index (Phi) is 6.32. The van der Waals surface area contributed by atoms with E-state index in [9.17, 15) is 9.59 Å². The summed E-state index contributed by atoms with van der Waals surface area (Å²) in [6.07, 6.45) is 1.35. The number of aromatic carboxylic acids is 1. The summed E-state index contributed by atoms with van der Waals surface area (Å²) >= 11 is 0. The number of amides is 1. The van der Waals surface area contributed by atoms with E-state index in [2.05, 4.69) is 10.6 Å². The number of benzene rings is 2. The Morgan fingerprint density at radius 1 is 1.00 bits per heavy atom. The molecule has 6 nitrogen and oxygen atoms in total. The van der Waals surface area contributed by atoms with Crippen molar-refractivity contribution in [3.05, 3.63) is 83.1 Å². The minimum atomic E-state index is -0.985. The molecule has 0 saturated carbocycles.